The van der Waals surface area contributed by atoms with Crippen molar-refractivity contribution in [1.82, 2.24) is 9.29 Å². The van der Waals surface area contributed by atoms with Gasteiger partial charge in [-0.1, -0.05) is 15.9 Å². The average Bonchev–Trinajstić information content (AvgIpc) is 2.15. The Kier molecular flexibility index (Phi) is 4.28. The maximum absolute atomic E-state index is 11.8. The van der Waals surface area contributed by atoms with Gasteiger partial charge < -0.3 is 0 Å². The number of hydrogen-bond donors (Lipinski definition) is 1. The number of halogens is 1. The van der Waals surface area contributed by atoms with Crippen LogP contribution in [0.25, 0.3) is 0 Å². The molecule has 0 aromatic carbocycles. The molecule has 16 heavy (non-hydrogen) atoms. The fourth-order valence-corrected chi connectivity index (χ4v) is 2.35. The lowest BCUT2D eigenvalue weighted by Gasteiger charge is -2.21. The highest BCUT2D eigenvalue weighted by Crippen LogP contribution is 2.15. The quantitative estimate of drug-likeness (QED) is 0.923. The van der Waals surface area contributed by atoms with Crippen LogP contribution in [0.5, 0.6) is 0 Å². The highest BCUT2D eigenvalue weighted by Gasteiger charge is 2.20. The van der Waals surface area contributed by atoms with Crippen molar-refractivity contribution >= 4 is 32.0 Å². The van der Waals surface area contributed by atoms with E-state index >= 15 is 0 Å². The molecule has 0 amide bonds. The van der Waals surface area contributed by atoms with E-state index in [1.165, 1.54) is 17.5 Å². The number of rotatable bonds is 4. The molecule has 0 bridgehead atoms. The first-order valence-corrected chi connectivity index (χ1v) is 6.93. The molecule has 0 aliphatic heterocycles. The van der Waals surface area contributed by atoms with Crippen LogP contribution in [0.4, 0.5) is 5.82 Å². The van der Waals surface area contributed by atoms with Crippen LogP contribution in [-0.2, 0) is 10.2 Å². The molecule has 0 spiro atoms. The van der Waals surface area contributed by atoms with E-state index < -0.39 is 10.2 Å². The van der Waals surface area contributed by atoms with Crippen LogP contribution in [0.1, 0.15) is 13.8 Å². The topological polar surface area (TPSA) is 62.3 Å². The second-order valence-corrected chi connectivity index (χ2v) is 6.22. The summed E-state index contributed by atoms with van der Waals surface area (Å²) in [7, 11) is -2.01. The Labute approximate surface area is 104 Å². The van der Waals surface area contributed by atoms with Crippen LogP contribution >= 0.6 is 15.9 Å². The second kappa shape index (κ2) is 5.11. The molecule has 0 unspecified atom stereocenters. The average molecular weight is 308 g/mol. The van der Waals surface area contributed by atoms with E-state index in [-0.39, 0.29) is 6.04 Å². The Morgan fingerprint density at radius 1 is 1.50 bits per heavy atom. The minimum atomic E-state index is -3.53. The largest absolute Gasteiger partial charge is 0.302 e. The number of hydrogen-bond acceptors (Lipinski definition) is 3. The summed E-state index contributed by atoms with van der Waals surface area (Å²) in [5.74, 6) is 0.293. The van der Waals surface area contributed by atoms with E-state index in [0.717, 1.165) is 4.47 Å². The van der Waals surface area contributed by atoms with Crippen molar-refractivity contribution in [2.24, 2.45) is 0 Å². The minimum Gasteiger partial charge on any atom is -0.254 e. The number of aromatic nitrogens is 1. The molecule has 7 heteroatoms. The monoisotopic (exact) mass is 307 g/mol. The fourth-order valence-electron chi connectivity index (χ4n) is 0.942. The molecule has 0 radical (unpaired) electrons. The van der Waals surface area contributed by atoms with E-state index in [4.69, 9.17) is 0 Å². The van der Waals surface area contributed by atoms with Crippen molar-refractivity contribution in [2.45, 2.75) is 19.9 Å². The molecule has 0 atom stereocenters. The summed E-state index contributed by atoms with van der Waals surface area (Å²) in [6, 6.07) is 3.22. The number of pyridine rings is 1. The van der Waals surface area contributed by atoms with Crippen molar-refractivity contribution in [3.05, 3.63) is 22.8 Å². The predicted molar refractivity (Wildman–Crippen MR) is 67.4 cm³/mol. The first kappa shape index (κ1) is 13.4. The molecule has 0 fully saturated rings. The lowest BCUT2D eigenvalue weighted by molar-refractivity contribution is 0.414. The summed E-state index contributed by atoms with van der Waals surface area (Å²) < 4.78 is 28.0. The van der Waals surface area contributed by atoms with E-state index in [2.05, 4.69) is 25.6 Å². The lowest BCUT2D eigenvalue weighted by atomic mass is 10.4. The summed E-state index contributed by atoms with van der Waals surface area (Å²) in [6.45, 7) is 3.60. The summed E-state index contributed by atoms with van der Waals surface area (Å²) in [5.41, 5.74) is 0. The van der Waals surface area contributed by atoms with Gasteiger partial charge in [-0.2, -0.15) is 12.7 Å². The summed E-state index contributed by atoms with van der Waals surface area (Å²) >= 11 is 3.25. The molecule has 0 aliphatic rings. The van der Waals surface area contributed by atoms with Crippen LogP contribution < -0.4 is 4.72 Å². The zero-order valence-electron chi connectivity index (χ0n) is 9.31. The normalized spacial score (nSPS) is 12.1. The SMILES string of the molecule is CC(C)N(C)S(=O)(=O)Nc1cc(Br)ccn1. The van der Waals surface area contributed by atoms with Gasteiger partial charge in [-0.25, -0.2) is 4.98 Å². The highest BCUT2D eigenvalue weighted by molar-refractivity contribution is 9.10. The van der Waals surface area contributed by atoms with E-state index in [1.54, 1.807) is 26.0 Å². The van der Waals surface area contributed by atoms with Gasteiger partial charge in [-0.05, 0) is 26.0 Å². The van der Waals surface area contributed by atoms with Gasteiger partial charge in [0.2, 0.25) is 0 Å². The number of nitrogens with zero attached hydrogens (tertiary/aromatic N) is 2. The second-order valence-electron chi connectivity index (χ2n) is 3.58. The maximum atomic E-state index is 11.8. The minimum absolute atomic E-state index is 0.107. The predicted octanol–water partition coefficient (Wildman–Crippen LogP) is 1.84. The van der Waals surface area contributed by atoms with Crippen LogP contribution in [-0.4, -0.2) is 30.8 Å². The van der Waals surface area contributed by atoms with Gasteiger partial charge in [-0.15, -0.1) is 0 Å². The molecule has 1 aromatic heterocycles. The third-order valence-corrected chi connectivity index (χ3v) is 4.20. The molecule has 5 nitrogen and oxygen atoms in total. The summed E-state index contributed by atoms with van der Waals surface area (Å²) in [4.78, 5) is 3.92. The Bertz CT molecular complexity index is 462. The van der Waals surface area contributed by atoms with Crippen molar-refractivity contribution in [2.75, 3.05) is 11.8 Å². The zero-order valence-corrected chi connectivity index (χ0v) is 11.7. The van der Waals surface area contributed by atoms with E-state index in [1.807, 2.05) is 0 Å². The fraction of sp³-hybridized carbons (Fsp3) is 0.444. The third kappa shape index (κ3) is 3.43. The van der Waals surface area contributed by atoms with Crippen molar-refractivity contribution in [3.8, 4) is 0 Å². The lowest BCUT2D eigenvalue weighted by Crippen LogP contribution is -2.37. The summed E-state index contributed by atoms with van der Waals surface area (Å²) in [5, 5.41) is 0. The van der Waals surface area contributed by atoms with Crippen molar-refractivity contribution in [3.63, 3.8) is 0 Å². The van der Waals surface area contributed by atoms with Gasteiger partial charge in [0.1, 0.15) is 5.82 Å². The first-order chi connectivity index (χ1) is 7.33. The molecule has 1 N–H and O–H groups in total. The molecule has 1 rings (SSSR count). The van der Waals surface area contributed by atoms with Gasteiger partial charge in [-0.3, -0.25) is 4.72 Å². The van der Waals surface area contributed by atoms with Crippen molar-refractivity contribution < 1.29 is 8.42 Å². The highest BCUT2D eigenvalue weighted by atomic mass is 79.9. The maximum Gasteiger partial charge on any atom is 0.302 e. The van der Waals surface area contributed by atoms with Crippen LogP contribution in [0, 0.1) is 0 Å². The molecular weight excluding hydrogens is 294 g/mol. The van der Waals surface area contributed by atoms with E-state index in [9.17, 15) is 8.42 Å². The molecule has 0 aliphatic carbocycles. The Hall–Kier alpha value is -0.660. The molecule has 0 saturated heterocycles. The Balaban J connectivity index is 2.89. The van der Waals surface area contributed by atoms with Crippen LogP contribution in [0.15, 0.2) is 22.8 Å². The molecule has 90 valence electrons. The summed E-state index contributed by atoms with van der Waals surface area (Å²) in [6.07, 6.45) is 1.53. The molecule has 1 heterocycles. The van der Waals surface area contributed by atoms with Crippen molar-refractivity contribution in [1.29, 1.82) is 0 Å². The molecule has 1 aromatic rings. The van der Waals surface area contributed by atoms with Gasteiger partial charge in [0, 0.05) is 23.8 Å². The standard InChI is InChI=1S/C9H14BrN3O2S/c1-7(2)13(3)16(14,15)12-9-6-8(10)4-5-11-9/h4-7H,1-3H3,(H,11,12). The van der Waals surface area contributed by atoms with Gasteiger partial charge in [0.15, 0.2) is 0 Å². The smallest absolute Gasteiger partial charge is 0.254 e. The zero-order chi connectivity index (χ0) is 12.3. The van der Waals surface area contributed by atoms with E-state index in [0.29, 0.717) is 5.82 Å². The number of anilines is 1. The van der Waals surface area contributed by atoms with Gasteiger partial charge >= 0.3 is 10.2 Å². The molecular formula is C9H14BrN3O2S. The Morgan fingerprint density at radius 3 is 2.62 bits per heavy atom. The van der Waals surface area contributed by atoms with Crippen LogP contribution in [0.2, 0.25) is 0 Å². The Morgan fingerprint density at radius 2 is 2.12 bits per heavy atom. The van der Waals surface area contributed by atoms with Gasteiger partial charge in [0.05, 0.1) is 0 Å². The third-order valence-electron chi connectivity index (χ3n) is 2.06. The first-order valence-electron chi connectivity index (χ1n) is 4.70. The van der Waals surface area contributed by atoms with Gasteiger partial charge in [0.25, 0.3) is 0 Å². The van der Waals surface area contributed by atoms with Crippen LogP contribution in [0.3, 0.4) is 0 Å². The molecule has 0 saturated carbocycles. The number of nitrogens with one attached hydrogen (secondary N) is 1.